The molecule has 0 heterocycles. The molecule has 7 heteroatoms. The molecule has 0 fully saturated rings. The maximum absolute atomic E-state index is 8.39. The number of hydrogen-bond donors (Lipinski definition) is 1. The van der Waals surface area contributed by atoms with Crippen LogP contribution in [0.25, 0.3) is 0 Å². The molecule has 0 aliphatic rings. The summed E-state index contributed by atoms with van der Waals surface area (Å²) in [6.07, 6.45) is 0. The first kappa shape index (κ1) is 19.2. The molecule has 0 unspecified atom stereocenters. The Balaban J connectivity index is 0. The Labute approximate surface area is 110 Å². The second kappa shape index (κ2) is 9.83. The standard InChI is InChI=1S/C5H14NO.C4H11O2PS2/c1-6(2,3)4-5-7;1-3-5-7(8,9)6-4-2/h7H,4-5H2,1-3H3;3-4H2,1-2H3,(H,8,9)/q+1;/p-1. The van der Waals surface area contributed by atoms with Crippen molar-refractivity contribution in [1.82, 2.24) is 0 Å². The van der Waals surface area contributed by atoms with Crippen LogP contribution >= 0.6 is 5.69 Å². The Hall–Kier alpha value is 0.840. The average Bonchev–Trinajstić information content (AvgIpc) is 2.01. The van der Waals surface area contributed by atoms with Gasteiger partial charge in [0.05, 0.1) is 33.4 Å². The lowest BCUT2D eigenvalue weighted by Gasteiger charge is -2.26. The first-order valence-electron chi connectivity index (χ1n) is 5.20. The molecule has 0 aliphatic carbocycles. The molecule has 100 valence electrons. The van der Waals surface area contributed by atoms with Crippen LogP contribution in [0.5, 0.6) is 0 Å². The summed E-state index contributed by atoms with van der Waals surface area (Å²) in [6, 6.07) is 0. The molecule has 0 saturated carbocycles. The Morgan fingerprint density at radius 1 is 1.19 bits per heavy atom. The lowest BCUT2D eigenvalue weighted by molar-refractivity contribution is -0.870. The van der Waals surface area contributed by atoms with E-state index in [1.807, 2.05) is 13.8 Å². The summed E-state index contributed by atoms with van der Waals surface area (Å²) in [7, 11) is 6.16. The summed E-state index contributed by atoms with van der Waals surface area (Å²) in [5, 5.41) is 8.39. The summed E-state index contributed by atoms with van der Waals surface area (Å²) in [5.41, 5.74) is -2.28. The van der Waals surface area contributed by atoms with Crippen LogP contribution in [-0.2, 0) is 33.1 Å². The van der Waals surface area contributed by atoms with Gasteiger partial charge in [-0.1, -0.05) is 11.8 Å². The SMILES string of the molecule is CCOP(=S)([S-])OCC.C[N+](C)(C)CCO. The van der Waals surface area contributed by atoms with Gasteiger partial charge in [0.15, 0.2) is 0 Å². The number of quaternary nitrogens is 1. The summed E-state index contributed by atoms with van der Waals surface area (Å²) in [6.45, 7) is 5.91. The highest BCUT2D eigenvalue weighted by Crippen LogP contribution is 2.45. The number of rotatable bonds is 6. The van der Waals surface area contributed by atoms with Crippen LogP contribution in [0.1, 0.15) is 13.8 Å². The Kier molecular flexibility index (Phi) is 11.8. The van der Waals surface area contributed by atoms with E-state index in [0.29, 0.717) is 13.2 Å². The fourth-order valence-electron chi connectivity index (χ4n) is 0.653. The van der Waals surface area contributed by atoms with E-state index in [-0.39, 0.29) is 6.61 Å². The zero-order chi connectivity index (χ0) is 13.2. The first-order valence-corrected chi connectivity index (χ1v) is 8.85. The van der Waals surface area contributed by atoms with Crippen molar-refractivity contribution in [2.24, 2.45) is 0 Å². The fourth-order valence-corrected chi connectivity index (χ4v) is 2.63. The third-order valence-corrected chi connectivity index (χ3v) is 3.76. The minimum atomic E-state index is -2.28. The van der Waals surface area contributed by atoms with Crippen molar-refractivity contribution in [2.45, 2.75) is 13.8 Å². The van der Waals surface area contributed by atoms with E-state index in [4.69, 9.17) is 38.2 Å². The largest absolute Gasteiger partial charge is 0.691 e. The van der Waals surface area contributed by atoms with Crippen molar-refractivity contribution in [3.63, 3.8) is 0 Å². The maximum Gasteiger partial charge on any atom is 0.101 e. The quantitative estimate of drug-likeness (QED) is 0.456. The van der Waals surface area contributed by atoms with E-state index in [1.165, 1.54) is 0 Å². The predicted molar refractivity (Wildman–Crippen MR) is 74.9 cm³/mol. The highest BCUT2D eigenvalue weighted by atomic mass is 32.9. The molecular formula is C9H24NO3PS2. The summed E-state index contributed by atoms with van der Waals surface area (Å²) >= 11 is 9.65. The summed E-state index contributed by atoms with van der Waals surface area (Å²) in [5.74, 6) is 0. The monoisotopic (exact) mass is 289 g/mol. The number of likely N-dealkylation sites (N-methyl/N-ethyl adjacent to an activating group) is 1. The molecule has 0 bridgehead atoms. The van der Waals surface area contributed by atoms with Crippen molar-refractivity contribution in [1.29, 1.82) is 0 Å². The van der Waals surface area contributed by atoms with Crippen LogP contribution in [0.15, 0.2) is 0 Å². The number of hydrogen-bond acceptors (Lipinski definition) is 5. The molecule has 0 aliphatic heterocycles. The van der Waals surface area contributed by atoms with E-state index < -0.39 is 5.69 Å². The molecule has 16 heavy (non-hydrogen) atoms. The van der Waals surface area contributed by atoms with Gasteiger partial charge in [0.2, 0.25) is 0 Å². The van der Waals surface area contributed by atoms with Crippen LogP contribution in [0.2, 0.25) is 0 Å². The highest BCUT2D eigenvalue weighted by molar-refractivity contribution is 8.51. The lowest BCUT2D eigenvalue weighted by atomic mass is 10.5. The molecule has 0 spiro atoms. The van der Waals surface area contributed by atoms with Gasteiger partial charge in [0.25, 0.3) is 0 Å². The molecular weight excluding hydrogens is 265 g/mol. The topological polar surface area (TPSA) is 38.7 Å². The molecule has 4 nitrogen and oxygen atoms in total. The van der Waals surface area contributed by atoms with Crippen LogP contribution < -0.4 is 0 Å². The van der Waals surface area contributed by atoms with Gasteiger partial charge in [-0.05, 0) is 13.8 Å². The second-order valence-corrected chi connectivity index (χ2v) is 9.01. The predicted octanol–water partition coefficient (Wildman–Crippen LogP) is 1.52. The fraction of sp³-hybridized carbons (Fsp3) is 1.00. The van der Waals surface area contributed by atoms with Crippen LogP contribution in [0.4, 0.5) is 0 Å². The third-order valence-electron chi connectivity index (χ3n) is 1.35. The van der Waals surface area contributed by atoms with E-state index in [2.05, 4.69) is 21.1 Å². The number of aliphatic hydroxyl groups is 1. The van der Waals surface area contributed by atoms with Gasteiger partial charge in [-0.3, -0.25) is 0 Å². The smallest absolute Gasteiger partial charge is 0.101 e. The van der Waals surface area contributed by atoms with Crippen LogP contribution in [-0.4, -0.2) is 57.1 Å². The summed E-state index contributed by atoms with van der Waals surface area (Å²) < 4.78 is 10.8. The normalized spacial score (nSPS) is 11.9. The Bertz CT molecular complexity index is 199. The van der Waals surface area contributed by atoms with Crippen molar-refractivity contribution < 1.29 is 18.6 Å². The minimum absolute atomic E-state index is 0.281. The van der Waals surface area contributed by atoms with E-state index in [0.717, 1.165) is 11.0 Å². The van der Waals surface area contributed by atoms with Crippen molar-refractivity contribution in [3.05, 3.63) is 0 Å². The van der Waals surface area contributed by atoms with Gasteiger partial charge >= 0.3 is 0 Å². The molecule has 0 saturated heterocycles. The van der Waals surface area contributed by atoms with Crippen molar-refractivity contribution >= 4 is 29.7 Å². The minimum Gasteiger partial charge on any atom is -0.691 e. The second-order valence-electron chi connectivity index (χ2n) is 4.02. The molecule has 0 radical (unpaired) electrons. The molecule has 0 amide bonds. The van der Waals surface area contributed by atoms with Crippen molar-refractivity contribution in [2.75, 3.05) is 47.5 Å². The number of aliphatic hydroxyl groups excluding tert-OH is 1. The highest BCUT2D eigenvalue weighted by Gasteiger charge is 2.02. The molecule has 0 aromatic heterocycles. The van der Waals surface area contributed by atoms with Gasteiger partial charge in [0.1, 0.15) is 6.54 Å². The molecule has 0 aromatic rings. The Morgan fingerprint density at radius 3 is 1.69 bits per heavy atom. The van der Waals surface area contributed by atoms with Gasteiger partial charge < -0.3 is 30.9 Å². The van der Waals surface area contributed by atoms with Crippen molar-refractivity contribution in [3.8, 4) is 0 Å². The van der Waals surface area contributed by atoms with Crippen LogP contribution in [0.3, 0.4) is 0 Å². The Morgan fingerprint density at radius 2 is 1.56 bits per heavy atom. The third kappa shape index (κ3) is 17.2. The number of nitrogens with zero attached hydrogens (tertiary/aromatic N) is 1. The molecule has 0 atom stereocenters. The maximum atomic E-state index is 8.39. The first-order chi connectivity index (χ1) is 7.18. The van der Waals surface area contributed by atoms with E-state index in [9.17, 15) is 0 Å². The summed E-state index contributed by atoms with van der Waals surface area (Å²) in [4.78, 5) is 0. The van der Waals surface area contributed by atoms with Gasteiger partial charge in [0, 0.05) is 13.2 Å². The lowest BCUT2D eigenvalue weighted by Crippen LogP contribution is -2.36. The van der Waals surface area contributed by atoms with E-state index >= 15 is 0 Å². The average molecular weight is 289 g/mol. The molecule has 1 N–H and O–H groups in total. The van der Waals surface area contributed by atoms with E-state index in [1.54, 1.807) is 0 Å². The van der Waals surface area contributed by atoms with Gasteiger partial charge in [-0.15, -0.1) is 0 Å². The van der Waals surface area contributed by atoms with Gasteiger partial charge in [-0.2, -0.15) is 0 Å². The van der Waals surface area contributed by atoms with Gasteiger partial charge in [-0.25, -0.2) is 0 Å². The molecule has 0 rings (SSSR count). The molecule has 0 aromatic carbocycles. The van der Waals surface area contributed by atoms with Crippen LogP contribution in [0, 0.1) is 0 Å². The zero-order valence-corrected chi connectivity index (χ0v) is 13.3. The zero-order valence-electron chi connectivity index (χ0n) is 10.8.